The third-order valence-electron chi connectivity index (χ3n) is 2.45. The highest BCUT2D eigenvalue weighted by molar-refractivity contribution is 5.44. The molecule has 15 heavy (non-hydrogen) atoms. The summed E-state index contributed by atoms with van der Waals surface area (Å²) in [6.07, 6.45) is 4.30. The molecular formula is C11H18N2O2. The average molecular weight is 210 g/mol. The third-order valence-corrected chi connectivity index (χ3v) is 2.45. The van der Waals surface area contributed by atoms with Crippen molar-refractivity contribution < 1.29 is 9.47 Å². The van der Waals surface area contributed by atoms with E-state index in [0.717, 1.165) is 23.5 Å². The number of ether oxygens (including phenoxy) is 2. The molecule has 0 aromatic carbocycles. The summed E-state index contributed by atoms with van der Waals surface area (Å²) in [5, 5.41) is 0. The quantitative estimate of drug-likeness (QED) is 0.801. The lowest BCUT2D eigenvalue weighted by atomic mass is 9.97. The Labute approximate surface area is 90.4 Å². The second kappa shape index (κ2) is 5.56. The summed E-state index contributed by atoms with van der Waals surface area (Å²) in [6, 6.07) is 0. The van der Waals surface area contributed by atoms with Crippen molar-refractivity contribution in [2.45, 2.75) is 19.3 Å². The molecule has 4 nitrogen and oxygen atoms in total. The number of nitrogens with zero attached hydrogens (tertiary/aromatic N) is 1. The fraction of sp³-hybridized carbons (Fsp3) is 0.545. The first-order chi connectivity index (χ1) is 7.24. The lowest BCUT2D eigenvalue weighted by molar-refractivity contribution is 0.375. The first kappa shape index (κ1) is 11.8. The zero-order valence-corrected chi connectivity index (χ0v) is 9.49. The standard InChI is InChI=1S/C11H18N2O2/c1-8(4-5-12)11-9(14-2)6-13-7-10(11)15-3/h6-8H,4-5,12H2,1-3H3. The first-order valence-corrected chi connectivity index (χ1v) is 5.00. The summed E-state index contributed by atoms with van der Waals surface area (Å²) in [6.45, 7) is 2.75. The first-order valence-electron chi connectivity index (χ1n) is 5.00. The van der Waals surface area contributed by atoms with Gasteiger partial charge < -0.3 is 15.2 Å². The Morgan fingerprint density at radius 2 is 1.80 bits per heavy atom. The molecule has 0 aliphatic carbocycles. The van der Waals surface area contributed by atoms with Crippen LogP contribution in [-0.2, 0) is 0 Å². The molecule has 1 aromatic rings. The molecule has 0 saturated carbocycles. The van der Waals surface area contributed by atoms with Crippen molar-refractivity contribution in [3.63, 3.8) is 0 Å². The van der Waals surface area contributed by atoms with Gasteiger partial charge in [-0.05, 0) is 18.9 Å². The van der Waals surface area contributed by atoms with Crippen molar-refractivity contribution >= 4 is 0 Å². The number of aromatic nitrogens is 1. The summed E-state index contributed by atoms with van der Waals surface area (Å²) in [5.74, 6) is 1.83. The van der Waals surface area contributed by atoms with E-state index in [2.05, 4.69) is 11.9 Å². The monoisotopic (exact) mass is 210 g/mol. The zero-order valence-electron chi connectivity index (χ0n) is 9.49. The third kappa shape index (κ3) is 2.59. The van der Waals surface area contributed by atoms with E-state index in [1.165, 1.54) is 0 Å². The second-order valence-corrected chi connectivity index (χ2v) is 3.44. The maximum absolute atomic E-state index is 5.55. The average Bonchev–Trinajstić information content (AvgIpc) is 2.28. The van der Waals surface area contributed by atoms with Gasteiger partial charge in [-0.25, -0.2) is 0 Å². The van der Waals surface area contributed by atoms with Gasteiger partial charge in [0.05, 0.1) is 26.6 Å². The molecule has 0 aliphatic heterocycles. The van der Waals surface area contributed by atoms with Gasteiger partial charge in [-0.2, -0.15) is 0 Å². The van der Waals surface area contributed by atoms with Crippen molar-refractivity contribution in [2.75, 3.05) is 20.8 Å². The SMILES string of the molecule is COc1cncc(OC)c1C(C)CCN. The van der Waals surface area contributed by atoms with Gasteiger partial charge in [-0.1, -0.05) is 6.92 Å². The molecule has 1 heterocycles. The molecule has 1 unspecified atom stereocenters. The van der Waals surface area contributed by atoms with Gasteiger partial charge in [-0.15, -0.1) is 0 Å². The minimum Gasteiger partial charge on any atom is -0.495 e. The Morgan fingerprint density at radius 3 is 2.20 bits per heavy atom. The smallest absolute Gasteiger partial charge is 0.144 e. The van der Waals surface area contributed by atoms with Crippen LogP contribution in [0.1, 0.15) is 24.8 Å². The van der Waals surface area contributed by atoms with E-state index >= 15 is 0 Å². The van der Waals surface area contributed by atoms with Crippen LogP contribution in [0.2, 0.25) is 0 Å². The second-order valence-electron chi connectivity index (χ2n) is 3.44. The Balaban J connectivity index is 3.09. The van der Waals surface area contributed by atoms with Gasteiger partial charge >= 0.3 is 0 Å². The summed E-state index contributed by atoms with van der Waals surface area (Å²) >= 11 is 0. The minimum atomic E-state index is 0.308. The molecule has 0 spiro atoms. The van der Waals surface area contributed by atoms with Gasteiger partial charge in [-0.3, -0.25) is 4.98 Å². The van der Waals surface area contributed by atoms with Crippen LogP contribution in [0.15, 0.2) is 12.4 Å². The van der Waals surface area contributed by atoms with Crippen LogP contribution >= 0.6 is 0 Å². The van der Waals surface area contributed by atoms with Crippen LogP contribution in [0, 0.1) is 0 Å². The van der Waals surface area contributed by atoms with E-state index in [4.69, 9.17) is 15.2 Å². The summed E-state index contributed by atoms with van der Waals surface area (Å²) in [4.78, 5) is 4.05. The normalized spacial score (nSPS) is 12.3. The molecule has 0 radical (unpaired) electrons. The van der Waals surface area contributed by atoms with Crippen LogP contribution in [0.5, 0.6) is 11.5 Å². The molecule has 1 atom stereocenters. The van der Waals surface area contributed by atoms with Crippen LogP contribution in [0.3, 0.4) is 0 Å². The molecule has 2 N–H and O–H groups in total. The summed E-state index contributed by atoms with van der Waals surface area (Å²) in [5.41, 5.74) is 6.59. The van der Waals surface area contributed by atoms with Crippen LogP contribution in [0.25, 0.3) is 0 Å². The molecule has 0 saturated heterocycles. The van der Waals surface area contributed by atoms with Gasteiger partial charge in [0, 0.05) is 5.56 Å². The zero-order chi connectivity index (χ0) is 11.3. The molecule has 1 aromatic heterocycles. The Morgan fingerprint density at radius 1 is 1.27 bits per heavy atom. The molecular weight excluding hydrogens is 192 g/mol. The maximum Gasteiger partial charge on any atom is 0.144 e. The minimum absolute atomic E-state index is 0.308. The van der Waals surface area contributed by atoms with E-state index in [9.17, 15) is 0 Å². The predicted molar refractivity (Wildman–Crippen MR) is 59.4 cm³/mol. The molecule has 1 rings (SSSR count). The highest BCUT2D eigenvalue weighted by Gasteiger charge is 2.16. The topological polar surface area (TPSA) is 57.4 Å². The van der Waals surface area contributed by atoms with Gasteiger partial charge in [0.15, 0.2) is 0 Å². The summed E-state index contributed by atoms with van der Waals surface area (Å²) in [7, 11) is 3.27. The number of nitrogens with two attached hydrogens (primary N) is 1. The lowest BCUT2D eigenvalue weighted by Crippen LogP contribution is -2.07. The Bertz CT molecular complexity index is 293. The van der Waals surface area contributed by atoms with Crippen molar-refractivity contribution in [2.24, 2.45) is 5.73 Å². The number of rotatable bonds is 5. The largest absolute Gasteiger partial charge is 0.495 e. The Kier molecular flexibility index (Phi) is 4.37. The number of hydrogen-bond donors (Lipinski definition) is 1. The summed E-state index contributed by atoms with van der Waals surface area (Å²) < 4.78 is 10.5. The van der Waals surface area contributed by atoms with Crippen LogP contribution in [0.4, 0.5) is 0 Å². The van der Waals surface area contributed by atoms with E-state index in [0.29, 0.717) is 12.5 Å². The number of methoxy groups -OCH3 is 2. The van der Waals surface area contributed by atoms with Crippen molar-refractivity contribution in [1.82, 2.24) is 4.98 Å². The van der Waals surface area contributed by atoms with E-state index in [1.807, 2.05) is 0 Å². The van der Waals surface area contributed by atoms with Gasteiger partial charge in [0.2, 0.25) is 0 Å². The van der Waals surface area contributed by atoms with E-state index in [-0.39, 0.29) is 0 Å². The highest BCUT2D eigenvalue weighted by Crippen LogP contribution is 2.35. The Hall–Kier alpha value is -1.29. The van der Waals surface area contributed by atoms with Gasteiger partial charge in [0.1, 0.15) is 11.5 Å². The molecule has 84 valence electrons. The van der Waals surface area contributed by atoms with Crippen molar-refractivity contribution in [3.05, 3.63) is 18.0 Å². The fourth-order valence-electron chi connectivity index (χ4n) is 1.64. The molecule has 4 heteroatoms. The lowest BCUT2D eigenvalue weighted by Gasteiger charge is -2.17. The maximum atomic E-state index is 5.55. The molecule has 0 fully saturated rings. The fourth-order valence-corrected chi connectivity index (χ4v) is 1.64. The number of pyridine rings is 1. The molecule has 0 aliphatic rings. The molecule has 0 bridgehead atoms. The van der Waals surface area contributed by atoms with Crippen LogP contribution in [-0.4, -0.2) is 25.7 Å². The van der Waals surface area contributed by atoms with Crippen LogP contribution < -0.4 is 15.2 Å². The van der Waals surface area contributed by atoms with E-state index < -0.39 is 0 Å². The number of hydrogen-bond acceptors (Lipinski definition) is 4. The van der Waals surface area contributed by atoms with Crippen molar-refractivity contribution in [3.8, 4) is 11.5 Å². The van der Waals surface area contributed by atoms with E-state index in [1.54, 1.807) is 26.6 Å². The van der Waals surface area contributed by atoms with Gasteiger partial charge in [0.25, 0.3) is 0 Å². The predicted octanol–water partition coefficient (Wildman–Crippen LogP) is 1.55. The highest BCUT2D eigenvalue weighted by atomic mass is 16.5. The molecule has 0 amide bonds. The van der Waals surface area contributed by atoms with Crippen molar-refractivity contribution in [1.29, 1.82) is 0 Å².